The smallest absolute Gasteiger partial charge is 0.303 e. The Morgan fingerprint density at radius 1 is 1.11 bits per heavy atom. The second kappa shape index (κ2) is 9.92. The topological polar surface area (TPSA) is 44.8 Å². The summed E-state index contributed by atoms with van der Waals surface area (Å²) in [7, 11) is 1.62. The minimum Gasteiger partial charge on any atom is -0.454 e. The monoisotopic (exact) mass is 398 g/mol. The third-order valence-electron chi connectivity index (χ3n) is 4.57. The number of carbonyl (C=O) groups is 1. The van der Waals surface area contributed by atoms with E-state index < -0.39 is 12.4 Å². The van der Waals surface area contributed by atoms with Gasteiger partial charge in [-0.2, -0.15) is 0 Å². The van der Waals surface area contributed by atoms with E-state index in [-0.39, 0.29) is 12.1 Å². The van der Waals surface area contributed by atoms with Gasteiger partial charge in [0.1, 0.15) is 6.10 Å². The molecule has 1 unspecified atom stereocenters. The lowest BCUT2D eigenvalue weighted by Gasteiger charge is -2.35. The number of carbonyl (C=O) groups excluding carboxylic acids is 1. The van der Waals surface area contributed by atoms with Gasteiger partial charge in [-0.25, -0.2) is 0 Å². The van der Waals surface area contributed by atoms with Crippen LogP contribution in [0.4, 0.5) is 0 Å². The van der Waals surface area contributed by atoms with Gasteiger partial charge in [-0.3, -0.25) is 4.79 Å². The molecule has 148 valence electrons. The van der Waals surface area contributed by atoms with Crippen LogP contribution >= 0.6 is 11.8 Å². The third-order valence-corrected chi connectivity index (χ3v) is 5.68. The summed E-state index contributed by atoms with van der Waals surface area (Å²) in [5, 5.41) is 0. The zero-order valence-electron chi connectivity index (χ0n) is 16.5. The molecule has 28 heavy (non-hydrogen) atoms. The fraction of sp³-hybridized carbons (Fsp3) is 0.348. The summed E-state index contributed by atoms with van der Waals surface area (Å²) in [6.07, 6.45) is 2.29. The first-order valence-corrected chi connectivity index (χ1v) is 10.2. The van der Waals surface area contributed by atoms with Crippen molar-refractivity contribution in [2.45, 2.75) is 50.1 Å². The number of thioether (sulfide) groups is 1. The van der Waals surface area contributed by atoms with Crippen LogP contribution < -0.4 is 0 Å². The molecule has 2 aromatic rings. The SMILES string of the molecule is COC1C=C(Sc2ccc(C)cc2)[C@@H](OC(C)=O)[C@H](CCc2ccccc2)O1. The van der Waals surface area contributed by atoms with Gasteiger partial charge >= 0.3 is 5.97 Å². The maximum atomic E-state index is 11.8. The normalized spacial score (nSPS) is 21.8. The summed E-state index contributed by atoms with van der Waals surface area (Å²) in [6, 6.07) is 18.5. The van der Waals surface area contributed by atoms with E-state index in [9.17, 15) is 4.79 Å². The van der Waals surface area contributed by atoms with Crippen molar-refractivity contribution in [1.29, 1.82) is 0 Å². The van der Waals surface area contributed by atoms with Crippen LogP contribution in [0.5, 0.6) is 0 Å². The van der Waals surface area contributed by atoms with E-state index in [1.165, 1.54) is 18.1 Å². The molecule has 0 aromatic heterocycles. The number of hydrogen-bond donors (Lipinski definition) is 0. The van der Waals surface area contributed by atoms with Crippen molar-refractivity contribution >= 4 is 17.7 Å². The first-order chi connectivity index (χ1) is 13.5. The molecule has 0 amide bonds. The highest BCUT2D eigenvalue weighted by atomic mass is 32.2. The summed E-state index contributed by atoms with van der Waals surface area (Å²) in [5.41, 5.74) is 2.43. The van der Waals surface area contributed by atoms with Crippen LogP contribution in [0.25, 0.3) is 0 Å². The number of hydrogen-bond acceptors (Lipinski definition) is 5. The van der Waals surface area contributed by atoms with Gasteiger partial charge in [0.05, 0.1) is 0 Å². The molecule has 0 saturated heterocycles. The van der Waals surface area contributed by atoms with Crippen molar-refractivity contribution in [2.75, 3.05) is 7.11 Å². The molecule has 0 spiro atoms. The van der Waals surface area contributed by atoms with Gasteiger partial charge in [-0.15, -0.1) is 0 Å². The lowest BCUT2D eigenvalue weighted by molar-refractivity contribution is -0.179. The predicted octanol–water partition coefficient (Wildman–Crippen LogP) is 4.91. The van der Waals surface area contributed by atoms with Gasteiger partial charge < -0.3 is 14.2 Å². The van der Waals surface area contributed by atoms with E-state index in [2.05, 4.69) is 43.3 Å². The quantitative estimate of drug-likeness (QED) is 0.620. The van der Waals surface area contributed by atoms with E-state index in [0.717, 1.165) is 22.6 Å². The molecule has 1 aliphatic rings. The molecule has 0 aliphatic carbocycles. The van der Waals surface area contributed by atoms with Crippen LogP contribution in [-0.4, -0.2) is 31.6 Å². The molecule has 1 heterocycles. The highest BCUT2D eigenvalue weighted by Gasteiger charge is 2.35. The van der Waals surface area contributed by atoms with Crippen LogP contribution in [0.2, 0.25) is 0 Å². The molecule has 0 saturated carbocycles. The van der Waals surface area contributed by atoms with E-state index in [0.29, 0.717) is 0 Å². The molecule has 3 rings (SSSR count). The summed E-state index contributed by atoms with van der Waals surface area (Å²) >= 11 is 1.59. The lowest BCUT2D eigenvalue weighted by Crippen LogP contribution is -2.41. The first kappa shape index (κ1) is 20.6. The Morgan fingerprint density at radius 3 is 2.46 bits per heavy atom. The maximum absolute atomic E-state index is 11.8. The summed E-state index contributed by atoms with van der Waals surface area (Å²) in [4.78, 5) is 13.8. The summed E-state index contributed by atoms with van der Waals surface area (Å²) in [6.45, 7) is 3.50. The summed E-state index contributed by atoms with van der Waals surface area (Å²) < 4.78 is 17.2. The Morgan fingerprint density at radius 2 is 1.82 bits per heavy atom. The van der Waals surface area contributed by atoms with Crippen molar-refractivity contribution < 1.29 is 19.0 Å². The Hall–Kier alpha value is -2.08. The fourth-order valence-electron chi connectivity index (χ4n) is 3.14. The van der Waals surface area contributed by atoms with Crippen LogP contribution in [-0.2, 0) is 25.4 Å². The van der Waals surface area contributed by atoms with E-state index in [1.807, 2.05) is 24.3 Å². The molecule has 4 nitrogen and oxygen atoms in total. The zero-order chi connectivity index (χ0) is 19.9. The molecule has 5 heteroatoms. The number of aryl methyl sites for hydroxylation is 2. The number of ether oxygens (including phenoxy) is 3. The predicted molar refractivity (Wildman–Crippen MR) is 111 cm³/mol. The van der Waals surface area contributed by atoms with Crippen LogP contribution in [0.15, 0.2) is 70.5 Å². The molecule has 0 fully saturated rings. The number of benzene rings is 2. The van der Waals surface area contributed by atoms with Crippen molar-refractivity contribution in [2.24, 2.45) is 0 Å². The van der Waals surface area contributed by atoms with Crippen molar-refractivity contribution in [3.8, 4) is 0 Å². The standard InChI is InChI=1S/C23H26O4S/c1-16-9-12-19(13-10-16)28-21-15-22(25-3)27-20(23(21)26-17(2)24)14-11-18-7-5-4-6-8-18/h4-10,12-13,15,20,22-23H,11,14H2,1-3H3/t20-,22?,23-/m0/s1. The average molecular weight is 399 g/mol. The zero-order valence-corrected chi connectivity index (χ0v) is 17.3. The Labute approximate surface area is 170 Å². The molecular formula is C23H26O4S. The van der Waals surface area contributed by atoms with E-state index in [1.54, 1.807) is 18.9 Å². The van der Waals surface area contributed by atoms with Gasteiger partial charge in [0, 0.05) is 23.8 Å². The van der Waals surface area contributed by atoms with Crippen molar-refractivity contribution in [1.82, 2.24) is 0 Å². The first-order valence-electron chi connectivity index (χ1n) is 9.41. The van der Waals surface area contributed by atoms with E-state index in [4.69, 9.17) is 14.2 Å². The second-order valence-corrected chi connectivity index (χ2v) is 7.96. The molecule has 1 aliphatic heterocycles. The molecule has 2 aromatic carbocycles. The second-order valence-electron chi connectivity index (χ2n) is 6.82. The number of methoxy groups -OCH3 is 1. The van der Waals surface area contributed by atoms with Crippen molar-refractivity contribution in [3.63, 3.8) is 0 Å². The minimum absolute atomic E-state index is 0.271. The Bertz CT molecular complexity index is 801. The van der Waals surface area contributed by atoms with Crippen LogP contribution in [0, 0.1) is 6.92 Å². The summed E-state index contributed by atoms with van der Waals surface area (Å²) in [5.74, 6) is -0.315. The Balaban J connectivity index is 1.80. The molecule has 0 radical (unpaired) electrons. The van der Waals surface area contributed by atoms with Gasteiger partial charge in [0.15, 0.2) is 12.4 Å². The largest absolute Gasteiger partial charge is 0.454 e. The van der Waals surface area contributed by atoms with Gasteiger partial charge in [-0.1, -0.05) is 59.8 Å². The highest BCUT2D eigenvalue weighted by Crippen LogP contribution is 2.37. The lowest BCUT2D eigenvalue weighted by atomic mass is 10.0. The number of esters is 1. The van der Waals surface area contributed by atoms with Gasteiger partial charge in [0.2, 0.25) is 0 Å². The highest BCUT2D eigenvalue weighted by molar-refractivity contribution is 8.03. The van der Waals surface area contributed by atoms with Gasteiger partial charge in [0.25, 0.3) is 0 Å². The van der Waals surface area contributed by atoms with Crippen LogP contribution in [0.1, 0.15) is 24.5 Å². The molecule has 0 bridgehead atoms. The minimum atomic E-state index is -0.458. The molecule has 0 N–H and O–H groups in total. The fourth-order valence-corrected chi connectivity index (χ4v) is 4.18. The molecular weight excluding hydrogens is 372 g/mol. The van der Waals surface area contributed by atoms with Crippen LogP contribution in [0.3, 0.4) is 0 Å². The maximum Gasteiger partial charge on any atom is 0.303 e. The van der Waals surface area contributed by atoms with Gasteiger partial charge in [-0.05, 0) is 43.5 Å². The van der Waals surface area contributed by atoms with E-state index >= 15 is 0 Å². The number of rotatable bonds is 7. The van der Waals surface area contributed by atoms with Crippen molar-refractivity contribution in [3.05, 3.63) is 76.7 Å². The molecule has 3 atom stereocenters. The Kier molecular flexibility index (Phi) is 7.31. The third kappa shape index (κ3) is 5.71. The average Bonchev–Trinajstić information content (AvgIpc) is 2.70.